The Balaban J connectivity index is 0.000000197. The van der Waals surface area contributed by atoms with Crippen molar-refractivity contribution in [2.24, 2.45) is 0 Å². The number of halogens is 1. The van der Waals surface area contributed by atoms with Crippen molar-refractivity contribution < 1.29 is 30.3 Å². The second-order valence-corrected chi connectivity index (χ2v) is 25.3. The average molecular weight is 960 g/mol. The van der Waals surface area contributed by atoms with Gasteiger partial charge in [0.1, 0.15) is 11.4 Å². The van der Waals surface area contributed by atoms with Crippen LogP contribution in [0, 0.1) is 17.9 Å². The summed E-state index contributed by atoms with van der Waals surface area (Å²) in [5, 5.41) is 2.05. The number of hydrogen-bond donors (Lipinski definition) is 0. The normalized spacial score (nSPS) is 11.9. The monoisotopic (exact) mass is 961 g/mol. The van der Waals surface area contributed by atoms with Crippen LogP contribution in [0.1, 0.15) is 26.7 Å². The van der Waals surface area contributed by atoms with Crippen LogP contribution in [0.4, 0.5) is 4.39 Å². The summed E-state index contributed by atoms with van der Waals surface area (Å²) in [6, 6.07) is 51.5. The summed E-state index contributed by atoms with van der Waals surface area (Å²) < 4.78 is 31.6. The van der Waals surface area contributed by atoms with Crippen LogP contribution in [0.15, 0.2) is 150 Å². The van der Waals surface area contributed by atoms with Crippen LogP contribution in [0.3, 0.4) is 0 Å². The van der Waals surface area contributed by atoms with Crippen molar-refractivity contribution in [3.8, 4) is 39.5 Å². The van der Waals surface area contributed by atoms with E-state index in [2.05, 4.69) is 70.8 Å². The van der Waals surface area contributed by atoms with Crippen LogP contribution in [-0.4, -0.2) is 27.8 Å². The molecule has 275 valence electrons. The summed E-state index contributed by atoms with van der Waals surface area (Å²) in [4.78, 5) is 9.55. The van der Waals surface area contributed by atoms with E-state index in [-0.39, 0.29) is 25.9 Å². The Hall–Kier alpha value is -5.14. The smallest absolute Gasteiger partial charge is 0 e. The third-order valence-corrected chi connectivity index (χ3v) is 13.9. The summed E-state index contributed by atoms with van der Waals surface area (Å²) in [5.41, 5.74) is 10.4. The number of fused-ring (bicyclic) bond motifs is 4. The number of rotatable bonds is 6. The van der Waals surface area contributed by atoms with Crippen LogP contribution in [0.5, 0.6) is 0 Å². The summed E-state index contributed by atoms with van der Waals surface area (Å²) in [7, 11) is 0. The molecule has 0 saturated carbocycles. The first-order valence-corrected chi connectivity index (χ1v) is 25.4. The molecule has 0 aliphatic rings. The topological polar surface area (TPSA) is 43.9 Å². The third kappa shape index (κ3) is 7.86. The Kier molecular flexibility index (Phi) is 10.7. The molecule has 0 atom stereocenters. The van der Waals surface area contributed by atoms with Crippen molar-refractivity contribution in [3.63, 3.8) is 0 Å². The van der Waals surface area contributed by atoms with Crippen LogP contribution in [0.2, 0.25) is 17.3 Å². The van der Waals surface area contributed by atoms with E-state index in [1.54, 1.807) is 12.1 Å². The van der Waals surface area contributed by atoms with E-state index in [0.717, 1.165) is 78.0 Å². The largest absolute Gasteiger partial charge is 0 e. The standard InChI is InChI=1S/C31H18FN2O.C17H22GeN.Ir/c32-23-12-14-24(15-13-23)34-28-9-5-4-8-27(28)33-31(34)22-11-17-30-26(19-22)25-18-21(10-16-29(25)35-30)20-6-2-1-3-7-20;1-13(2)15-11-17(14-9-7-6-8-10-14)19-12-16(15)18(3,4)5;/h1-10,12-19H;6-9,11-13H,1-5H3;/q2*-1;/i;13D;. The summed E-state index contributed by atoms with van der Waals surface area (Å²) in [5.74, 6) is 6.92. The van der Waals surface area contributed by atoms with E-state index < -0.39 is 19.2 Å². The molecule has 1 radical (unpaired) electrons. The second kappa shape index (κ2) is 15.9. The fraction of sp³-hybridized carbons (Fsp3) is 0.125. The molecule has 6 aromatic carbocycles. The molecular weight excluding hydrogens is 918 g/mol. The van der Waals surface area contributed by atoms with Gasteiger partial charge in [-0.25, -0.2) is 4.39 Å². The van der Waals surface area contributed by atoms with Crippen molar-refractivity contribution in [3.05, 3.63) is 169 Å². The number of benzene rings is 6. The zero-order valence-corrected chi connectivity index (χ0v) is 35.8. The Bertz CT molecular complexity index is 2790. The van der Waals surface area contributed by atoms with Crippen LogP contribution in [-0.2, 0) is 20.1 Å². The number of aromatic nitrogens is 3. The van der Waals surface area contributed by atoms with Gasteiger partial charge in [-0.2, -0.15) is 0 Å². The molecule has 3 aromatic heterocycles. The van der Waals surface area contributed by atoms with E-state index in [1.807, 2.05) is 103 Å². The van der Waals surface area contributed by atoms with E-state index in [4.69, 9.17) is 10.8 Å². The number of nitrogens with zero attached hydrogens (tertiary/aromatic N) is 3. The SMILES string of the molecule is Fc1ccc(-n2c(-c3[c-]cc4oc5ccc(-c6ccccc6)cc5c4c3)nc3ccccc32)cc1.[2H]C(C)(C)c1cc(-c2[c-]cccc2)nc[c]1[Ge]([CH3])([CH3])[CH3].[Ir]. The van der Waals surface area contributed by atoms with Gasteiger partial charge in [-0.05, 0) is 59.7 Å². The maximum atomic E-state index is 13.7. The molecule has 0 saturated heterocycles. The van der Waals surface area contributed by atoms with Gasteiger partial charge < -0.3 is 8.98 Å². The molecule has 9 aromatic rings. The van der Waals surface area contributed by atoms with Gasteiger partial charge in [0.05, 0.1) is 22.4 Å². The summed E-state index contributed by atoms with van der Waals surface area (Å²) in [6.07, 6.45) is 2.00. The van der Waals surface area contributed by atoms with Gasteiger partial charge in [-0.15, -0.1) is 23.8 Å². The molecule has 9 rings (SSSR count). The zero-order valence-electron chi connectivity index (χ0n) is 32.3. The molecule has 0 aliphatic heterocycles. The predicted molar refractivity (Wildman–Crippen MR) is 224 cm³/mol. The van der Waals surface area contributed by atoms with E-state index in [1.165, 1.54) is 16.5 Å². The molecule has 0 spiro atoms. The van der Waals surface area contributed by atoms with Gasteiger partial charge in [0, 0.05) is 31.2 Å². The first kappa shape index (κ1) is 36.8. The molecule has 55 heavy (non-hydrogen) atoms. The predicted octanol–water partition coefficient (Wildman–Crippen LogP) is 12.4. The minimum Gasteiger partial charge on any atom is 0 e. The molecule has 4 nitrogen and oxygen atoms in total. The van der Waals surface area contributed by atoms with E-state index >= 15 is 0 Å². The molecular formula is C48H40FGeIrN3O-2. The Morgan fingerprint density at radius 2 is 1.47 bits per heavy atom. The number of furan rings is 1. The third-order valence-electron chi connectivity index (χ3n) is 9.63. The fourth-order valence-electron chi connectivity index (χ4n) is 6.89. The summed E-state index contributed by atoms with van der Waals surface area (Å²) in [6.45, 7) is 3.91. The second-order valence-electron chi connectivity index (χ2n) is 14.7. The maximum absolute atomic E-state index is 13.7. The quantitative estimate of drug-likeness (QED) is 0.123. The van der Waals surface area contributed by atoms with Crippen LogP contribution >= 0.6 is 0 Å². The van der Waals surface area contributed by atoms with Crippen LogP contribution in [0.25, 0.3) is 72.4 Å². The number of hydrogen-bond acceptors (Lipinski definition) is 3. The minimum atomic E-state index is -2.03. The number of para-hydroxylation sites is 2. The number of imidazole rings is 1. The molecule has 0 fully saturated rings. The molecule has 0 amide bonds. The van der Waals surface area contributed by atoms with Gasteiger partial charge >= 0.3 is 120 Å². The van der Waals surface area contributed by atoms with Crippen molar-refractivity contribution in [1.82, 2.24) is 14.5 Å². The molecule has 0 unspecified atom stereocenters. The van der Waals surface area contributed by atoms with E-state index in [0.29, 0.717) is 0 Å². The zero-order chi connectivity index (χ0) is 38.3. The Morgan fingerprint density at radius 1 is 0.745 bits per heavy atom. The molecule has 0 bridgehead atoms. The van der Waals surface area contributed by atoms with Crippen molar-refractivity contribution in [2.45, 2.75) is 37.0 Å². The first-order chi connectivity index (χ1) is 26.4. The van der Waals surface area contributed by atoms with Gasteiger partial charge in [0.25, 0.3) is 0 Å². The molecule has 7 heteroatoms. The number of pyridine rings is 1. The van der Waals surface area contributed by atoms with Crippen molar-refractivity contribution in [2.75, 3.05) is 0 Å². The molecule has 0 aliphatic carbocycles. The van der Waals surface area contributed by atoms with Gasteiger partial charge in [0.15, 0.2) is 0 Å². The van der Waals surface area contributed by atoms with E-state index in [9.17, 15) is 4.39 Å². The average Bonchev–Trinajstić information content (AvgIpc) is 3.76. The van der Waals surface area contributed by atoms with Gasteiger partial charge in [-0.1, -0.05) is 53.9 Å². The minimum absolute atomic E-state index is 0. The van der Waals surface area contributed by atoms with Gasteiger partial charge in [0.2, 0.25) is 0 Å². The maximum Gasteiger partial charge on any atom is 0 e. The molecule has 0 N–H and O–H groups in total. The Labute approximate surface area is 339 Å². The van der Waals surface area contributed by atoms with Crippen molar-refractivity contribution >= 4 is 50.6 Å². The Morgan fingerprint density at radius 3 is 2.20 bits per heavy atom. The fourth-order valence-corrected chi connectivity index (χ4v) is 10.2. The van der Waals surface area contributed by atoms with Gasteiger partial charge in [-0.3, -0.25) is 4.98 Å². The van der Waals surface area contributed by atoms with Crippen LogP contribution < -0.4 is 4.40 Å². The first-order valence-electron chi connectivity index (χ1n) is 18.6. The van der Waals surface area contributed by atoms with Crippen molar-refractivity contribution in [1.29, 1.82) is 0 Å². The molecule has 3 heterocycles. The summed E-state index contributed by atoms with van der Waals surface area (Å²) >= 11 is -2.03.